The van der Waals surface area contributed by atoms with Crippen LogP contribution in [0.2, 0.25) is 0 Å². The molecule has 2 aromatic carbocycles. The fourth-order valence-corrected chi connectivity index (χ4v) is 4.03. The highest BCUT2D eigenvalue weighted by molar-refractivity contribution is 9.10. The van der Waals surface area contributed by atoms with Crippen LogP contribution >= 0.6 is 15.9 Å². The highest BCUT2D eigenvalue weighted by Gasteiger charge is 2.24. The Bertz CT molecular complexity index is 921. The van der Waals surface area contributed by atoms with Crippen molar-refractivity contribution in [2.75, 3.05) is 11.8 Å². The first-order chi connectivity index (χ1) is 12.0. The molecule has 0 heterocycles. The molecule has 0 fully saturated rings. The average molecular weight is 441 g/mol. The maximum Gasteiger partial charge on any atom is 0.265 e. The van der Waals surface area contributed by atoms with Gasteiger partial charge in [0.25, 0.3) is 15.9 Å². The molecule has 0 aromatic heterocycles. The number of para-hydroxylation sites is 1. The SMILES string of the molecule is COc1ccc(Br)cc1S(=O)(=O)Nc1ccccc1C(=O)NC(C)(C)C. The van der Waals surface area contributed by atoms with E-state index in [2.05, 4.69) is 26.0 Å². The Labute approximate surface area is 162 Å². The van der Waals surface area contributed by atoms with Gasteiger partial charge < -0.3 is 10.1 Å². The molecule has 0 saturated carbocycles. The van der Waals surface area contributed by atoms with E-state index >= 15 is 0 Å². The number of methoxy groups -OCH3 is 1. The summed E-state index contributed by atoms with van der Waals surface area (Å²) in [5, 5.41) is 2.83. The lowest BCUT2D eigenvalue weighted by molar-refractivity contribution is 0.0920. The first-order valence-electron chi connectivity index (χ1n) is 7.81. The molecule has 140 valence electrons. The summed E-state index contributed by atoms with van der Waals surface area (Å²) in [6.45, 7) is 5.55. The highest BCUT2D eigenvalue weighted by Crippen LogP contribution is 2.29. The molecule has 2 rings (SSSR count). The summed E-state index contributed by atoms with van der Waals surface area (Å²) in [7, 11) is -2.57. The normalized spacial score (nSPS) is 11.7. The molecule has 0 aliphatic carbocycles. The number of hydrogen-bond acceptors (Lipinski definition) is 4. The number of anilines is 1. The largest absolute Gasteiger partial charge is 0.495 e. The number of halogens is 1. The molecule has 2 N–H and O–H groups in total. The summed E-state index contributed by atoms with van der Waals surface area (Å²) in [5.74, 6) is -0.158. The molecule has 0 bridgehead atoms. The third-order valence-corrected chi connectivity index (χ3v) is 5.20. The van der Waals surface area contributed by atoms with Gasteiger partial charge in [-0.2, -0.15) is 0 Å². The molecular weight excluding hydrogens is 420 g/mol. The van der Waals surface area contributed by atoms with Gasteiger partial charge in [0, 0.05) is 10.0 Å². The maximum atomic E-state index is 12.8. The van der Waals surface area contributed by atoms with Crippen LogP contribution < -0.4 is 14.8 Å². The maximum absolute atomic E-state index is 12.8. The van der Waals surface area contributed by atoms with Crippen molar-refractivity contribution in [3.63, 3.8) is 0 Å². The molecule has 0 saturated heterocycles. The predicted octanol–water partition coefficient (Wildman–Crippen LogP) is 3.79. The van der Waals surface area contributed by atoms with E-state index in [1.165, 1.54) is 13.2 Å². The van der Waals surface area contributed by atoms with Crippen molar-refractivity contribution in [1.82, 2.24) is 5.32 Å². The number of sulfonamides is 1. The Morgan fingerprint density at radius 3 is 2.38 bits per heavy atom. The summed E-state index contributed by atoms with van der Waals surface area (Å²) < 4.78 is 33.9. The molecule has 0 unspecified atom stereocenters. The van der Waals surface area contributed by atoms with E-state index in [0.717, 1.165) is 0 Å². The summed E-state index contributed by atoms with van der Waals surface area (Å²) in [4.78, 5) is 12.5. The van der Waals surface area contributed by atoms with Crippen LogP contribution in [0.3, 0.4) is 0 Å². The smallest absolute Gasteiger partial charge is 0.265 e. The van der Waals surface area contributed by atoms with E-state index in [9.17, 15) is 13.2 Å². The number of benzene rings is 2. The molecule has 26 heavy (non-hydrogen) atoms. The molecule has 6 nitrogen and oxygen atoms in total. The van der Waals surface area contributed by atoms with E-state index in [4.69, 9.17) is 4.74 Å². The molecule has 0 aliphatic rings. The molecule has 0 radical (unpaired) electrons. The number of rotatable bonds is 5. The number of ether oxygens (including phenoxy) is 1. The monoisotopic (exact) mass is 440 g/mol. The van der Waals surface area contributed by atoms with Crippen molar-refractivity contribution < 1.29 is 17.9 Å². The van der Waals surface area contributed by atoms with E-state index in [0.29, 0.717) is 4.47 Å². The summed E-state index contributed by atoms with van der Waals surface area (Å²) in [6.07, 6.45) is 0. The van der Waals surface area contributed by atoms with Crippen LogP contribution in [0.1, 0.15) is 31.1 Å². The third kappa shape index (κ3) is 4.98. The van der Waals surface area contributed by atoms with Gasteiger partial charge in [-0.1, -0.05) is 28.1 Å². The van der Waals surface area contributed by atoms with E-state index in [1.807, 2.05) is 20.8 Å². The van der Waals surface area contributed by atoms with Crippen molar-refractivity contribution in [3.8, 4) is 5.75 Å². The number of nitrogens with one attached hydrogen (secondary N) is 2. The molecule has 1 amide bonds. The molecular formula is C18H21BrN2O4S. The lowest BCUT2D eigenvalue weighted by Crippen LogP contribution is -2.40. The second-order valence-corrected chi connectivity index (χ2v) is 9.22. The Morgan fingerprint density at radius 1 is 1.12 bits per heavy atom. The Hall–Kier alpha value is -2.06. The topological polar surface area (TPSA) is 84.5 Å². The molecule has 0 atom stereocenters. The van der Waals surface area contributed by atoms with Gasteiger partial charge >= 0.3 is 0 Å². The minimum Gasteiger partial charge on any atom is -0.495 e. The number of carbonyl (C=O) groups excluding carboxylic acids is 1. The highest BCUT2D eigenvalue weighted by atomic mass is 79.9. The first kappa shape index (κ1) is 20.3. The van der Waals surface area contributed by atoms with Gasteiger partial charge in [0.1, 0.15) is 10.6 Å². The van der Waals surface area contributed by atoms with Crippen molar-refractivity contribution in [1.29, 1.82) is 0 Å². The van der Waals surface area contributed by atoms with E-state index < -0.39 is 15.6 Å². The van der Waals surface area contributed by atoms with E-state index in [1.54, 1.807) is 36.4 Å². The van der Waals surface area contributed by atoms with Crippen molar-refractivity contribution in [2.24, 2.45) is 0 Å². The van der Waals surface area contributed by atoms with Gasteiger partial charge in [0.05, 0.1) is 18.4 Å². The molecule has 0 aliphatic heterocycles. The minimum atomic E-state index is -3.96. The van der Waals surface area contributed by atoms with Crippen LogP contribution in [0, 0.1) is 0 Å². The number of carbonyl (C=O) groups is 1. The zero-order valence-corrected chi connectivity index (χ0v) is 17.4. The second-order valence-electron chi connectivity index (χ2n) is 6.65. The fraction of sp³-hybridized carbons (Fsp3) is 0.278. The fourth-order valence-electron chi connectivity index (χ4n) is 2.24. The Kier molecular flexibility index (Phi) is 5.98. The van der Waals surface area contributed by atoms with Crippen LogP contribution in [-0.2, 0) is 10.0 Å². The molecule has 0 spiro atoms. The van der Waals surface area contributed by atoms with Gasteiger partial charge in [-0.05, 0) is 51.1 Å². The van der Waals surface area contributed by atoms with Crippen molar-refractivity contribution in [3.05, 3.63) is 52.5 Å². The van der Waals surface area contributed by atoms with Gasteiger partial charge in [0.2, 0.25) is 0 Å². The third-order valence-electron chi connectivity index (χ3n) is 3.32. The average Bonchev–Trinajstić information content (AvgIpc) is 2.53. The van der Waals surface area contributed by atoms with Crippen LogP contribution in [0.5, 0.6) is 5.75 Å². The Balaban J connectivity index is 2.43. The van der Waals surface area contributed by atoms with Crippen LogP contribution in [0.25, 0.3) is 0 Å². The van der Waals surface area contributed by atoms with Crippen LogP contribution in [-0.4, -0.2) is 27.0 Å². The van der Waals surface area contributed by atoms with Gasteiger partial charge in [0.15, 0.2) is 0 Å². The summed E-state index contributed by atoms with van der Waals surface area (Å²) in [5.41, 5.74) is -0.0208. The second kappa shape index (κ2) is 7.67. The van der Waals surface area contributed by atoms with Crippen molar-refractivity contribution in [2.45, 2.75) is 31.2 Å². The van der Waals surface area contributed by atoms with Crippen LogP contribution in [0.15, 0.2) is 51.8 Å². The quantitative estimate of drug-likeness (QED) is 0.740. The lowest BCUT2D eigenvalue weighted by Gasteiger charge is -2.21. The van der Waals surface area contributed by atoms with E-state index in [-0.39, 0.29) is 27.8 Å². The van der Waals surface area contributed by atoms with Crippen molar-refractivity contribution >= 4 is 37.5 Å². The predicted molar refractivity (Wildman–Crippen MR) is 105 cm³/mol. The number of amides is 1. The van der Waals surface area contributed by atoms with Crippen LogP contribution in [0.4, 0.5) is 5.69 Å². The first-order valence-corrected chi connectivity index (χ1v) is 10.1. The zero-order chi connectivity index (χ0) is 19.5. The molecule has 8 heteroatoms. The minimum absolute atomic E-state index is 0.0274. The number of hydrogen-bond donors (Lipinski definition) is 2. The summed E-state index contributed by atoms with van der Waals surface area (Å²) >= 11 is 3.26. The summed E-state index contributed by atoms with van der Waals surface area (Å²) in [6, 6.07) is 11.1. The van der Waals surface area contributed by atoms with Gasteiger partial charge in [-0.3, -0.25) is 9.52 Å². The van der Waals surface area contributed by atoms with Gasteiger partial charge in [-0.25, -0.2) is 8.42 Å². The molecule has 2 aromatic rings. The zero-order valence-electron chi connectivity index (χ0n) is 15.0. The lowest BCUT2D eigenvalue weighted by atomic mass is 10.1. The Morgan fingerprint density at radius 2 is 1.77 bits per heavy atom. The standard InChI is InChI=1S/C18H21BrN2O4S/c1-18(2,3)20-17(22)13-7-5-6-8-14(13)21-26(23,24)16-11-12(19)9-10-15(16)25-4/h5-11,21H,1-4H3,(H,20,22). The van der Waals surface area contributed by atoms with Gasteiger partial charge in [-0.15, -0.1) is 0 Å².